The molecule has 14 heavy (non-hydrogen) atoms. The third kappa shape index (κ3) is 2.66. The van der Waals surface area contributed by atoms with Crippen molar-refractivity contribution >= 4 is 17.5 Å². The van der Waals surface area contributed by atoms with E-state index in [0.717, 1.165) is 17.4 Å². The molecule has 0 saturated heterocycles. The molecule has 0 fully saturated rings. The summed E-state index contributed by atoms with van der Waals surface area (Å²) in [5.74, 6) is 0. The van der Waals surface area contributed by atoms with Crippen molar-refractivity contribution in [3.05, 3.63) is 41.5 Å². The summed E-state index contributed by atoms with van der Waals surface area (Å²) >= 11 is 0. The van der Waals surface area contributed by atoms with Crippen LogP contribution < -0.4 is 0 Å². The largest absolute Gasteiger partial charge is 0.307 e. The molecule has 72 valence electrons. The maximum Gasteiger partial charge on any atom is 0.0718 e. The molecule has 2 heteroatoms. The molecule has 1 rings (SSSR count). The number of hydrogen-bond donors (Lipinski definition) is 2. The highest BCUT2D eigenvalue weighted by Crippen LogP contribution is 2.13. The van der Waals surface area contributed by atoms with Gasteiger partial charge in [0.25, 0.3) is 0 Å². The van der Waals surface area contributed by atoms with Gasteiger partial charge in [0.15, 0.2) is 0 Å². The maximum absolute atomic E-state index is 7.34. The molecule has 0 aliphatic heterocycles. The monoisotopic (exact) mass is 186 g/mol. The summed E-state index contributed by atoms with van der Waals surface area (Å²) in [7, 11) is 0. The minimum absolute atomic E-state index is 0.225. The van der Waals surface area contributed by atoms with Crippen molar-refractivity contribution in [2.24, 2.45) is 0 Å². The van der Waals surface area contributed by atoms with E-state index >= 15 is 0 Å². The van der Waals surface area contributed by atoms with Gasteiger partial charge in [0.2, 0.25) is 0 Å². The lowest BCUT2D eigenvalue weighted by atomic mass is 10.0. The summed E-state index contributed by atoms with van der Waals surface area (Å²) in [4.78, 5) is 0. The molecule has 0 bridgehead atoms. The van der Waals surface area contributed by atoms with Crippen molar-refractivity contribution in [3.8, 4) is 0 Å². The Balaban J connectivity index is 2.94. The Bertz CT molecular complexity index is 372. The fraction of sp³-hybridized carbons (Fsp3) is 0.167. The third-order valence-electron chi connectivity index (χ3n) is 2.03. The average molecular weight is 186 g/mol. The molecule has 0 saturated carbocycles. The lowest BCUT2D eigenvalue weighted by Gasteiger charge is -2.01. The number of benzene rings is 1. The fourth-order valence-electron chi connectivity index (χ4n) is 1.17. The van der Waals surface area contributed by atoms with Crippen LogP contribution in [0.5, 0.6) is 0 Å². The molecule has 1 aromatic carbocycles. The Hall–Kier alpha value is -1.70. The predicted octanol–water partition coefficient (Wildman–Crippen LogP) is 3.07. The van der Waals surface area contributed by atoms with Crippen LogP contribution in [0.3, 0.4) is 0 Å². The summed E-state index contributed by atoms with van der Waals surface area (Å²) < 4.78 is 0. The summed E-state index contributed by atoms with van der Waals surface area (Å²) in [5.41, 5.74) is 3.56. The number of rotatable bonds is 3. The zero-order chi connectivity index (χ0) is 10.6. The molecule has 0 atom stereocenters. The molecule has 2 N–H and O–H groups in total. The second-order valence-corrected chi connectivity index (χ2v) is 3.29. The molecular formula is C12H14N2. The second kappa shape index (κ2) is 4.51. The van der Waals surface area contributed by atoms with Gasteiger partial charge in [0, 0.05) is 6.21 Å². The van der Waals surface area contributed by atoms with Gasteiger partial charge in [-0.2, -0.15) is 0 Å². The zero-order valence-electron chi connectivity index (χ0n) is 8.46. The van der Waals surface area contributed by atoms with Gasteiger partial charge in [-0.3, -0.25) is 5.41 Å². The number of hydrogen-bond acceptors (Lipinski definition) is 2. The normalized spacial score (nSPS) is 11.1. The van der Waals surface area contributed by atoms with Crippen LogP contribution in [0.1, 0.15) is 18.1 Å². The smallest absolute Gasteiger partial charge is 0.0718 e. The first kappa shape index (κ1) is 10.4. The molecule has 0 radical (unpaired) electrons. The first-order valence-corrected chi connectivity index (χ1v) is 4.48. The second-order valence-electron chi connectivity index (χ2n) is 3.29. The van der Waals surface area contributed by atoms with Gasteiger partial charge in [-0.15, -0.1) is 0 Å². The highest BCUT2D eigenvalue weighted by atomic mass is 14.4. The minimum Gasteiger partial charge on any atom is -0.307 e. The third-order valence-corrected chi connectivity index (χ3v) is 2.03. The van der Waals surface area contributed by atoms with Gasteiger partial charge in [-0.25, -0.2) is 0 Å². The van der Waals surface area contributed by atoms with Crippen molar-refractivity contribution in [2.75, 3.05) is 0 Å². The molecule has 0 aliphatic rings. The van der Waals surface area contributed by atoms with E-state index in [0.29, 0.717) is 0 Å². The van der Waals surface area contributed by atoms with Crippen molar-refractivity contribution in [3.63, 3.8) is 0 Å². The van der Waals surface area contributed by atoms with Crippen LogP contribution in [0.25, 0.3) is 5.57 Å². The Labute approximate surface area is 84.3 Å². The van der Waals surface area contributed by atoms with Gasteiger partial charge in [0.05, 0.1) is 5.71 Å². The van der Waals surface area contributed by atoms with Crippen molar-refractivity contribution in [1.29, 1.82) is 10.8 Å². The van der Waals surface area contributed by atoms with Crippen LogP contribution in [0.2, 0.25) is 0 Å². The highest BCUT2D eigenvalue weighted by molar-refractivity contribution is 6.34. The number of nitrogens with one attached hydrogen (secondary N) is 2. The molecule has 1 aromatic rings. The molecule has 0 aromatic heterocycles. The van der Waals surface area contributed by atoms with Crippen LogP contribution in [-0.4, -0.2) is 11.9 Å². The number of allylic oxidation sites excluding steroid dienone is 2. The molecule has 0 amide bonds. The standard InChI is InChI=1S/C12H14N2/c1-9-3-5-11(6-4-9)10(2)7-12(14)8-13/h3-8,13-14H,1-2H3/b10-7+,13-8?,14-12?. The van der Waals surface area contributed by atoms with Crippen molar-refractivity contribution < 1.29 is 0 Å². The molecule has 0 unspecified atom stereocenters. The van der Waals surface area contributed by atoms with Crippen LogP contribution in [0.15, 0.2) is 30.3 Å². The quantitative estimate of drug-likeness (QED) is 0.681. The van der Waals surface area contributed by atoms with E-state index in [4.69, 9.17) is 10.8 Å². The van der Waals surface area contributed by atoms with E-state index in [1.165, 1.54) is 5.56 Å². The topological polar surface area (TPSA) is 47.7 Å². The van der Waals surface area contributed by atoms with Crippen LogP contribution in [0, 0.1) is 17.7 Å². The molecule has 0 spiro atoms. The summed E-state index contributed by atoms with van der Waals surface area (Å²) in [5, 5.41) is 14.2. The van der Waals surface area contributed by atoms with Crippen molar-refractivity contribution in [2.45, 2.75) is 13.8 Å². The first-order valence-electron chi connectivity index (χ1n) is 4.48. The van der Waals surface area contributed by atoms with Gasteiger partial charge in [0.1, 0.15) is 0 Å². The van der Waals surface area contributed by atoms with Crippen LogP contribution in [0.4, 0.5) is 0 Å². The zero-order valence-corrected chi connectivity index (χ0v) is 8.46. The minimum atomic E-state index is 0.225. The van der Waals surface area contributed by atoms with Crippen LogP contribution >= 0.6 is 0 Å². The van der Waals surface area contributed by atoms with Gasteiger partial charge < -0.3 is 5.41 Å². The van der Waals surface area contributed by atoms with E-state index in [2.05, 4.69) is 0 Å². The van der Waals surface area contributed by atoms with Crippen molar-refractivity contribution in [1.82, 2.24) is 0 Å². The molecule has 2 nitrogen and oxygen atoms in total. The maximum atomic E-state index is 7.34. The SMILES string of the molecule is C/C(=C\C(=N)C=N)c1ccc(C)cc1. The average Bonchev–Trinajstić information content (AvgIpc) is 2.18. The van der Waals surface area contributed by atoms with Gasteiger partial charge in [-0.05, 0) is 31.1 Å². The molecule has 0 aliphatic carbocycles. The Morgan fingerprint density at radius 2 is 1.79 bits per heavy atom. The van der Waals surface area contributed by atoms with E-state index < -0.39 is 0 Å². The first-order chi connectivity index (χ1) is 6.63. The predicted molar refractivity (Wildman–Crippen MR) is 61.3 cm³/mol. The molecule has 0 heterocycles. The summed E-state index contributed by atoms with van der Waals surface area (Å²) in [6.45, 7) is 3.99. The molecular weight excluding hydrogens is 172 g/mol. The van der Waals surface area contributed by atoms with E-state index in [9.17, 15) is 0 Å². The van der Waals surface area contributed by atoms with Gasteiger partial charge >= 0.3 is 0 Å². The Morgan fingerprint density at radius 3 is 2.29 bits per heavy atom. The highest BCUT2D eigenvalue weighted by Gasteiger charge is 1.95. The van der Waals surface area contributed by atoms with E-state index in [1.807, 2.05) is 38.1 Å². The Morgan fingerprint density at radius 1 is 1.21 bits per heavy atom. The summed E-state index contributed by atoms with van der Waals surface area (Å²) in [6, 6.07) is 8.14. The fourth-order valence-corrected chi connectivity index (χ4v) is 1.17. The van der Waals surface area contributed by atoms with E-state index in [-0.39, 0.29) is 5.71 Å². The number of aryl methyl sites for hydroxylation is 1. The Kier molecular flexibility index (Phi) is 3.35. The van der Waals surface area contributed by atoms with Gasteiger partial charge in [-0.1, -0.05) is 29.8 Å². The lowest BCUT2D eigenvalue weighted by molar-refractivity contribution is 1.44. The van der Waals surface area contributed by atoms with Crippen LogP contribution in [-0.2, 0) is 0 Å². The lowest BCUT2D eigenvalue weighted by Crippen LogP contribution is -1.92. The summed E-state index contributed by atoms with van der Waals surface area (Å²) in [6.07, 6.45) is 2.73. The van der Waals surface area contributed by atoms with E-state index in [1.54, 1.807) is 6.08 Å².